The second kappa shape index (κ2) is 7.56. The zero-order chi connectivity index (χ0) is 16.1. The number of rotatable bonds is 5. The highest BCUT2D eigenvalue weighted by atomic mass is 16.5. The van der Waals surface area contributed by atoms with Crippen molar-refractivity contribution in [2.75, 3.05) is 20.3 Å². The molecule has 1 aromatic heterocycles. The molecule has 0 radical (unpaired) electrons. The number of carbonyl (C=O) groups excluding carboxylic acids is 1. The summed E-state index contributed by atoms with van der Waals surface area (Å²) in [5.41, 5.74) is 0.916. The van der Waals surface area contributed by atoms with Gasteiger partial charge in [-0.05, 0) is 43.7 Å². The summed E-state index contributed by atoms with van der Waals surface area (Å²) in [5.74, 6) is -0.0740. The Morgan fingerprint density at radius 3 is 2.68 bits per heavy atom. The van der Waals surface area contributed by atoms with Gasteiger partial charge in [0.25, 0.3) is 5.56 Å². The number of aliphatic hydroxyl groups excluding tert-OH is 1. The van der Waals surface area contributed by atoms with Crippen molar-refractivity contribution < 1.29 is 19.4 Å². The third-order valence-electron chi connectivity index (χ3n) is 4.19. The average Bonchev–Trinajstić information content (AvgIpc) is 2.53. The summed E-state index contributed by atoms with van der Waals surface area (Å²) in [6.07, 6.45) is 2.33. The minimum atomic E-state index is -0.631. The number of methoxy groups -OCH3 is 1. The van der Waals surface area contributed by atoms with Crippen LogP contribution in [0.5, 0.6) is 0 Å². The number of pyridine rings is 1. The van der Waals surface area contributed by atoms with E-state index in [1.807, 2.05) is 0 Å². The van der Waals surface area contributed by atoms with Crippen molar-refractivity contribution in [3.05, 3.63) is 33.7 Å². The first kappa shape index (κ1) is 16.7. The minimum absolute atomic E-state index is 0.195. The molecule has 6 heteroatoms. The second-order valence-electron chi connectivity index (χ2n) is 5.70. The predicted molar refractivity (Wildman–Crippen MR) is 80.6 cm³/mol. The molecule has 1 saturated heterocycles. The number of ether oxygens (including phenoxy) is 2. The van der Waals surface area contributed by atoms with Crippen molar-refractivity contribution in [2.45, 2.75) is 38.8 Å². The highest BCUT2D eigenvalue weighted by Crippen LogP contribution is 2.26. The normalized spacial score (nSPS) is 17.2. The number of aromatic nitrogens is 1. The average molecular weight is 309 g/mol. The lowest BCUT2D eigenvalue weighted by molar-refractivity contribution is -0.145. The van der Waals surface area contributed by atoms with Crippen LogP contribution in [-0.2, 0) is 20.9 Å². The molecule has 122 valence electrons. The largest absolute Gasteiger partial charge is 0.467 e. The van der Waals surface area contributed by atoms with E-state index in [1.165, 1.54) is 17.7 Å². The molecular weight excluding hydrogens is 286 g/mol. The first-order valence-corrected chi connectivity index (χ1v) is 7.55. The van der Waals surface area contributed by atoms with E-state index in [0.717, 1.165) is 12.8 Å². The molecule has 0 amide bonds. The lowest BCUT2D eigenvalue weighted by Crippen LogP contribution is -2.34. The first-order valence-electron chi connectivity index (χ1n) is 7.55. The van der Waals surface area contributed by atoms with Crippen LogP contribution in [0.1, 0.15) is 36.6 Å². The second-order valence-corrected chi connectivity index (χ2v) is 5.70. The van der Waals surface area contributed by atoms with Crippen LogP contribution >= 0.6 is 0 Å². The first-order chi connectivity index (χ1) is 10.6. The maximum absolute atomic E-state index is 12.3. The lowest BCUT2D eigenvalue weighted by atomic mass is 9.92. The fraction of sp³-hybridized carbons (Fsp3) is 0.625. The summed E-state index contributed by atoms with van der Waals surface area (Å²) in [4.78, 5) is 24.5. The SMILES string of the molecule is COC(=O)C(CC1CCOCC1)n1c(C)cc(CO)cc1=O. The van der Waals surface area contributed by atoms with Gasteiger partial charge in [0, 0.05) is 25.0 Å². The summed E-state index contributed by atoms with van der Waals surface area (Å²) < 4.78 is 11.7. The Balaban J connectivity index is 2.32. The smallest absolute Gasteiger partial charge is 0.328 e. The third kappa shape index (κ3) is 3.75. The molecule has 1 unspecified atom stereocenters. The molecule has 22 heavy (non-hydrogen) atoms. The highest BCUT2D eigenvalue weighted by molar-refractivity contribution is 5.74. The summed E-state index contributed by atoms with van der Waals surface area (Å²) in [6, 6.07) is 2.46. The molecular formula is C16H23NO5. The molecule has 0 aromatic carbocycles. The Morgan fingerprint density at radius 2 is 2.14 bits per heavy atom. The van der Waals surface area contributed by atoms with Gasteiger partial charge < -0.3 is 14.6 Å². The Kier molecular flexibility index (Phi) is 5.74. The molecule has 0 bridgehead atoms. The standard InChI is InChI=1S/C16H23NO5/c1-11-7-13(10-18)9-15(19)17(11)14(16(20)21-2)8-12-3-5-22-6-4-12/h7,9,12,14,18H,3-6,8,10H2,1-2H3. The van der Waals surface area contributed by atoms with Crippen LogP contribution in [0, 0.1) is 12.8 Å². The Hall–Kier alpha value is -1.66. The number of hydrogen-bond acceptors (Lipinski definition) is 5. The Labute approximate surface area is 129 Å². The predicted octanol–water partition coefficient (Wildman–Crippen LogP) is 1.18. The minimum Gasteiger partial charge on any atom is -0.467 e. The highest BCUT2D eigenvalue weighted by Gasteiger charge is 2.28. The van der Waals surface area contributed by atoms with E-state index in [0.29, 0.717) is 36.8 Å². The van der Waals surface area contributed by atoms with Gasteiger partial charge >= 0.3 is 5.97 Å². The Morgan fingerprint density at radius 1 is 1.45 bits per heavy atom. The fourth-order valence-corrected chi connectivity index (χ4v) is 3.01. The van der Waals surface area contributed by atoms with E-state index in [1.54, 1.807) is 13.0 Å². The number of aliphatic hydroxyl groups is 1. The molecule has 0 spiro atoms. The summed E-state index contributed by atoms with van der Waals surface area (Å²) in [6.45, 7) is 2.95. The van der Waals surface area contributed by atoms with Gasteiger partial charge in [0.1, 0.15) is 6.04 Å². The molecule has 1 N–H and O–H groups in total. The number of esters is 1. The molecule has 2 heterocycles. The van der Waals surface area contributed by atoms with Crippen LogP contribution in [0.4, 0.5) is 0 Å². The van der Waals surface area contributed by atoms with Crippen molar-refractivity contribution in [3.63, 3.8) is 0 Å². The number of aryl methyl sites for hydroxylation is 1. The zero-order valence-corrected chi connectivity index (χ0v) is 13.1. The zero-order valence-electron chi connectivity index (χ0n) is 13.1. The molecule has 1 fully saturated rings. The van der Waals surface area contributed by atoms with Crippen LogP contribution in [-0.4, -0.2) is 36.0 Å². The van der Waals surface area contributed by atoms with Crippen molar-refractivity contribution in [1.29, 1.82) is 0 Å². The van der Waals surface area contributed by atoms with Crippen LogP contribution in [0.25, 0.3) is 0 Å². The summed E-state index contributed by atoms with van der Waals surface area (Å²) in [7, 11) is 1.34. The topological polar surface area (TPSA) is 77.8 Å². The molecule has 2 rings (SSSR count). The van der Waals surface area contributed by atoms with Gasteiger partial charge in [-0.3, -0.25) is 9.36 Å². The van der Waals surface area contributed by atoms with Gasteiger partial charge in [-0.1, -0.05) is 0 Å². The van der Waals surface area contributed by atoms with Gasteiger partial charge in [0.15, 0.2) is 0 Å². The number of nitrogens with zero attached hydrogens (tertiary/aromatic N) is 1. The van der Waals surface area contributed by atoms with E-state index in [4.69, 9.17) is 9.47 Å². The molecule has 0 aliphatic carbocycles. The van der Waals surface area contributed by atoms with Crippen LogP contribution in [0.2, 0.25) is 0 Å². The van der Waals surface area contributed by atoms with E-state index < -0.39 is 12.0 Å². The van der Waals surface area contributed by atoms with Crippen LogP contribution < -0.4 is 5.56 Å². The van der Waals surface area contributed by atoms with E-state index in [-0.39, 0.29) is 12.2 Å². The van der Waals surface area contributed by atoms with Crippen molar-refractivity contribution in [2.24, 2.45) is 5.92 Å². The molecule has 6 nitrogen and oxygen atoms in total. The molecule has 1 aliphatic heterocycles. The van der Waals surface area contributed by atoms with Crippen molar-refractivity contribution in [1.82, 2.24) is 4.57 Å². The Bertz CT molecular complexity index is 574. The van der Waals surface area contributed by atoms with Gasteiger partial charge in [-0.25, -0.2) is 4.79 Å². The molecule has 1 atom stereocenters. The van der Waals surface area contributed by atoms with E-state index >= 15 is 0 Å². The van der Waals surface area contributed by atoms with Gasteiger partial charge in [-0.15, -0.1) is 0 Å². The van der Waals surface area contributed by atoms with E-state index in [9.17, 15) is 14.7 Å². The monoisotopic (exact) mass is 309 g/mol. The van der Waals surface area contributed by atoms with Gasteiger partial charge in [0.2, 0.25) is 0 Å². The molecule has 1 aromatic rings. The van der Waals surface area contributed by atoms with Gasteiger partial charge in [0.05, 0.1) is 13.7 Å². The van der Waals surface area contributed by atoms with Crippen LogP contribution in [0.15, 0.2) is 16.9 Å². The number of carbonyl (C=O) groups is 1. The number of hydrogen-bond donors (Lipinski definition) is 1. The summed E-state index contributed by atoms with van der Waals surface area (Å²) in [5, 5.41) is 9.18. The van der Waals surface area contributed by atoms with Crippen LogP contribution in [0.3, 0.4) is 0 Å². The van der Waals surface area contributed by atoms with Crippen molar-refractivity contribution >= 4 is 5.97 Å². The quantitative estimate of drug-likeness (QED) is 0.826. The van der Waals surface area contributed by atoms with E-state index in [2.05, 4.69) is 0 Å². The maximum atomic E-state index is 12.3. The summed E-state index contributed by atoms with van der Waals surface area (Å²) >= 11 is 0. The maximum Gasteiger partial charge on any atom is 0.328 e. The lowest BCUT2D eigenvalue weighted by Gasteiger charge is -2.27. The third-order valence-corrected chi connectivity index (χ3v) is 4.19. The molecule has 0 saturated carbocycles. The van der Waals surface area contributed by atoms with Gasteiger partial charge in [-0.2, -0.15) is 0 Å². The molecule has 1 aliphatic rings. The van der Waals surface area contributed by atoms with Crippen molar-refractivity contribution in [3.8, 4) is 0 Å². The fourth-order valence-electron chi connectivity index (χ4n) is 3.01.